The zero-order valence-electron chi connectivity index (χ0n) is 15.9. The van der Waals surface area contributed by atoms with E-state index in [1.807, 2.05) is 82.2 Å². The number of hydrogen-bond donors (Lipinski definition) is 0. The predicted molar refractivity (Wildman–Crippen MR) is 114 cm³/mol. The Morgan fingerprint density at radius 3 is 2.00 bits per heavy atom. The minimum absolute atomic E-state index is 0.0754. The first-order chi connectivity index (χ1) is 14.7. The summed E-state index contributed by atoms with van der Waals surface area (Å²) < 4.78 is 3.81. The minimum Gasteiger partial charge on any atom is -0.258 e. The molecule has 0 atom stereocenters. The van der Waals surface area contributed by atoms with Gasteiger partial charge in [-0.05, 0) is 28.4 Å². The first kappa shape index (κ1) is 17.8. The Kier molecular flexibility index (Phi) is 4.29. The monoisotopic (exact) mass is 393 g/mol. The highest BCUT2D eigenvalue weighted by Crippen LogP contribution is 2.26. The Bertz CT molecular complexity index is 1350. The lowest BCUT2D eigenvalue weighted by molar-refractivity contribution is -0.620. The molecule has 0 aliphatic rings. The van der Waals surface area contributed by atoms with Crippen LogP contribution >= 0.6 is 0 Å². The average Bonchev–Trinajstić information content (AvgIpc) is 3.24. The summed E-state index contributed by atoms with van der Waals surface area (Å²) in [5, 5.41) is 15.8. The highest BCUT2D eigenvalue weighted by Gasteiger charge is 2.19. The van der Waals surface area contributed by atoms with Crippen molar-refractivity contribution in [3.63, 3.8) is 0 Å². The number of nitro benzene ring substituents is 1. The fraction of sp³-hybridized carbons (Fsp3) is 0. The number of hydrogen-bond acceptors (Lipinski definition) is 3. The second kappa shape index (κ2) is 7.25. The van der Waals surface area contributed by atoms with Crippen LogP contribution in [-0.4, -0.2) is 14.7 Å². The van der Waals surface area contributed by atoms with Crippen LogP contribution in [0.2, 0.25) is 0 Å². The van der Waals surface area contributed by atoms with Crippen molar-refractivity contribution in [3.05, 3.63) is 114 Å². The van der Waals surface area contributed by atoms with Gasteiger partial charge in [0.25, 0.3) is 5.69 Å². The Morgan fingerprint density at radius 1 is 0.733 bits per heavy atom. The van der Waals surface area contributed by atoms with E-state index in [0.29, 0.717) is 0 Å². The second-order valence-corrected chi connectivity index (χ2v) is 6.93. The lowest BCUT2D eigenvalue weighted by Gasteiger charge is -2.05. The van der Waals surface area contributed by atoms with Crippen molar-refractivity contribution in [1.82, 2.24) is 9.73 Å². The van der Waals surface area contributed by atoms with Gasteiger partial charge in [0.2, 0.25) is 5.69 Å². The molecular weight excluding hydrogens is 376 g/mol. The van der Waals surface area contributed by atoms with Gasteiger partial charge in [-0.2, -0.15) is 0 Å². The first-order valence-corrected chi connectivity index (χ1v) is 9.50. The summed E-state index contributed by atoms with van der Waals surface area (Å²) in [6.45, 7) is 0. The molecule has 0 spiro atoms. The van der Waals surface area contributed by atoms with E-state index in [4.69, 9.17) is 5.10 Å². The van der Waals surface area contributed by atoms with Crippen LogP contribution in [0.4, 0.5) is 5.69 Å². The van der Waals surface area contributed by atoms with Gasteiger partial charge in [0, 0.05) is 28.8 Å². The summed E-state index contributed by atoms with van der Waals surface area (Å²) in [5.41, 5.74) is 5.76. The maximum Gasteiger partial charge on any atom is 0.269 e. The third-order valence-corrected chi connectivity index (χ3v) is 5.01. The van der Waals surface area contributed by atoms with Gasteiger partial charge in [-0.1, -0.05) is 60.7 Å². The third-order valence-electron chi connectivity index (χ3n) is 5.01. The van der Waals surface area contributed by atoms with Crippen LogP contribution < -0.4 is 4.52 Å². The molecule has 3 aromatic carbocycles. The largest absolute Gasteiger partial charge is 0.269 e. The molecule has 0 N–H and O–H groups in total. The Morgan fingerprint density at radius 2 is 1.37 bits per heavy atom. The molecule has 5 aromatic rings. The van der Waals surface area contributed by atoms with Crippen molar-refractivity contribution in [3.8, 4) is 33.6 Å². The van der Waals surface area contributed by atoms with E-state index in [1.54, 1.807) is 12.1 Å². The van der Waals surface area contributed by atoms with Crippen molar-refractivity contribution in [2.75, 3.05) is 0 Å². The van der Waals surface area contributed by atoms with E-state index in [2.05, 4.69) is 6.07 Å². The zero-order valence-corrected chi connectivity index (χ0v) is 15.9. The van der Waals surface area contributed by atoms with E-state index >= 15 is 0 Å². The van der Waals surface area contributed by atoms with Crippen LogP contribution in [0.15, 0.2) is 103 Å². The highest BCUT2D eigenvalue weighted by atomic mass is 16.6. The Balaban J connectivity index is 1.72. The Labute approximate surface area is 172 Å². The standard InChI is InChI=1S/C24H17N4O2/c29-28(30)22-13-11-18(12-14-22)21-15-24(20-9-5-2-6-10-20)27-25-23(17-26(27)16-21)19-7-3-1-4-8-19/h1-17H/q+1. The molecule has 6 heteroatoms. The van der Waals surface area contributed by atoms with Crippen molar-refractivity contribution in [2.24, 2.45) is 0 Å². The fourth-order valence-corrected chi connectivity index (χ4v) is 3.50. The highest BCUT2D eigenvalue weighted by molar-refractivity contribution is 5.70. The first-order valence-electron chi connectivity index (χ1n) is 9.50. The number of nitro groups is 1. The number of rotatable bonds is 4. The van der Waals surface area contributed by atoms with Crippen molar-refractivity contribution < 1.29 is 9.44 Å². The topological polar surface area (TPSA) is 64.5 Å². The molecule has 2 aromatic heterocycles. The molecule has 0 bridgehead atoms. The van der Waals surface area contributed by atoms with E-state index in [0.717, 1.165) is 33.6 Å². The molecular formula is C24H17N4O2+. The van der Waals surface area contributed by atoms with Gasteiger partial charge in [-0.25, -0.2) is 0 Å². The SMILES string of the molecule is O=[N+]([O-])c1ccc(-c2cc(-c3ccccc3)n3nc(-c4ccccc4)c[n+]3c2)cc1. The zero-order chi connectivity index (χ0) is 20.5. The minimum atomic E-state index is -0.389. The molecule has 2 heterocycles. The molecule has 0 fully saturated rings. The normalized spacial score (nSPS) is 10.9. The molecule has 6 nitrogen and oxygen atoms in total. The van der Waals surface area contributed by atoms with Gasteiger partial charge in [0.05, 0.1) is 10.0 Å². The van der Waals surface area contributed by atoms with Gasteiger partial charge in [0.1, 0.15) is 11.9 Å². The molecule has 0 aliphatic heterocycles. The fourth-order valence-electron chi connectivity index (χ4n) is 3.50. The number of benzene rings is 3. The van der Waals surface area contributed by atoms with E-state index in [1.165, 1.54) is 12.1 Å². The smallest absolute Gasteiger partial charge is 0.258 e. The average molecular weight is 393 g/mol. The number of fused-ring (bicyclic) bond motifs is 1. The Hall–Kier alpha value is -4.32. The van der Waals surface area contributed by atoms with Gasteiger partial charge in [0.15, 0.2) is 6.20 Å². The summed E-state index contributed by atoms with van der Waals surface area (Å²) in [4.78, 5) is 10.6. The van der Waals surface area contributed by atoms with E-state index in [9.17, 15) is 10.1 Å². The van der Waals surface area contributed by atoms with Crippen molar-refractivity contribution in [1.29, 1.82) is 0 Å². The molecule has 0 saturated heterocycles. The van der Waals surface area contributed by atoms with Crippen LogP contribution in [0.25, 0.3) is 33.6 Å². The number of nitrogens with zero attached hydrogens (tertiary/aromatic N) is 4. The quantitative estimate of drug-likeness (QED) is 0.250. The van der Waals surface area contributed by atoms with E-state index < -0.39 is 0 Å². The maximum absolute atomic E-state index is 11.0. The van der Waals surface area contributed by atoms with Gasteiger partial charge in [-0.3, -0.25) is 10.1 Å². The van der Waals surface area contributed by atoms with Gasteiger partial charge in [-0.15, -0.1) is 4.52 Å². The molecule has 0 amide bonds. The van der Waals surface area contributed by atoms with Crippen LogP contribution in [-0.2, 0) is 0 Å². The molecule has 5 rings (SSSR count). The lowest BCUT2D eigenvalue weighted by atomic mass is 10.0. The summed E-state index contributed by atoms with van der Waals surface area (Å²) in [5.74, 6) is 0. The molecule has 0 saturated carbocycles. The summed E-state index contributed by atoms with van der Waals surface area (Å²) in [7, 11) is 0. The molecule has 0 aliphatic carbocycles. The molecule has 0 unspecified atom stereocenters. The lowest BCUT2D eigenvalue weighted by Crippen LogP contribution is -2.29. The van der Waals surface area contributed by atoms with Crippen molar-refractivity contribution in [2.45, 2.75) is 0 Å². The molecule has 144 valence electrons. The summed E-state index contributed by atoms with van der Waals surface area (Å²) in [6.07, 6.45) is 3.96. The summed E-state index contributed by atoms with van der Waals surface area (Å²) in [6, 6.07) is 28.7. The summed E-state index contributed by atoms with van der Waals surface area (Å²) >= 11 is 0. The second-order valence-electron chi connectivity index (χ2n) is 6.93. The van der Waals surface area contributed by atoms with Crippen LogP contribution in [0.3, 0.4) is 0 Å². The van der Waals surface area contributed by atoms with Gasteiger partial charge >= 0.3 is 0 Å². The van der Waals surface area contributed by atoms with E-state index in [-0.39, 0.29) is 10.6 Å². The van der Waals surface area contributed by atoms with Crippen molar-refractivity contribution >= 4 is 5.69 Å². The van der Waals surface area contributed by atoms with Crippen LogP contribution in [0.1, 0.15) is 0 Å². The molecule has 0 radical (unpaired) electrons. The predicted octanol–water partition coefficient (Wildman–Crippen LogP) is 4.83. The van der Waals surface area contributed by atoms with Gasteiger partial charge < -0.3 is 0 Å². The molecule has 30 heavy (non-hydrogen) atoms. The number of aromatic nitrogens is 3. The van der Waals surface area contributed by atoms with Crippen LogP contribution in [0, 0.1) is 10.1 Å². The maximum atomic E-state index is 11.0. The van der Waals surface area contributed by atoms with Crippen LogP contribution in [0.5, 0.6) is 0 Å². The number of non-ortho nitro benzene ring substituents is 1. The third kappa shape index (κ3) is 3.20.